The lowest BCUT2D eigenvalue weighted by molar-refractivity contribution is 0.0243. The van der Waals surface area contributed by atoms with Crippen LogP contribution in [0.3, 0.4) is 0 Å². The monoisotopic (exact) mass is 257 g/mol. The van der Waals surface area contributed by atoms with E-state index >= 15 is 0 Å². The summed E-state index contributed by atoms with van der Waals surface area (Å²) in [6.07, 6.45) is -2.39. The molecule has 0 saturated heterocycles. The van der Waals surface area contributed by atoms with Gasteiger partial charge >= 0.3 is 0 Å². The van der Waals surface area contributed by atoms with Gasteiger partial charge in [0.2, 0.25) is 0 Å². The lowest BCUT2D eigenvalue weighted by Crippen LogP contribution is -2.21. The summed E-state index contributed by atoms with van der Waals surface area (Å²) >= 11 is 5.79. The van der Waals surface area contributed by atoms with Crippen molar-refractivity contribution in [2.45, 2.75) is 18.8 Å². The Morgan fingerprint density at radius 1 is 1.41 bits per heavy atom. The van der Waals surface area contributed by atoms with Crippen molar-refractivity contribution in [3.63, 3.8) is 0 Å². The molecule has 2 unspecified atom stereocenters. The first-order valence-electron chi connectivity index (χ1n) is 4.86. The Morgan fingerprint density at radius 3 is 2.71 bits per heavy atom. The summed E-state index contributed by atoms with van der Waals surface area (Å²) in [5, 5.41) is 31.9. The van der Waals surface area contributed by atoms with Gasteiger partial charge < -0.3 is 15.3 Å². The van der Waals surface area contributed by atoms with Gasteiger partial charge in [-0.05, 0) is 28.8 Å². The predicted octanol–water partition coefficient (Wildman–Crippen LogP) is 1.54. The topological polar surface area (TPSA) is 109 Å². The summed E-state index contributed by atoms with van der Waals surface area (Å²) in [4.78, 5) is 2.49. The number of aliphatic hydroxyl groups excluding tert-OH is 3. The van der Waals surface area contributed by atoms with Gasteiger partial charge in [0.05, 0.1) is 19.3 Å². The second-order valence-electron chi connectivity index (χ2n) is 3.43. The van der Waals surface area contributed by atoms with Gasteiger partial charge in [-0.2, -0.15) is 0 Å². The molecule has 6 nitrogen and oxygen atoms in total. The molecule has 1 aromatic rings. The van der Waals surface area contributed by atoms with Gasteiger partial charge in [0.1, 0.15) is 6.10 Å². The Balaban J connectivity index is 2.88. The Kier molecular flexibility index (Phi) is 5.21. The molecule has 3 N–H and O–H groups in total. The maximum Gasteiger partial charge on any atom is 0.105 e. The molecule has 0 bridgehead atoms. The first kappa shape index (κ1) is 13.8. The van der Waals surface area contributed by atoms with Crippen LogP contribution in [0.2, 0.25) is 5.02 Å². The zero-order chi connectivity index (χ0) is 12.8. The number of benzene rings is 1. The smallest absolute Gasteiger partial charge is 0.105 e. The van der Waals surface area contributed by atoms with Gasteiger partial charge in [0.25, 0.3) is 0 Å². The van der Waals surface area contributed by atoms with E-state index in [-0.39, 0.29) is 13.2 Å². The lowest BCUT2D eigenvalue weighted by atomic mass is 10.0. The molecule has 2 atom stereocenters. The first-order valence-corrected chi connectivity index (χ1v) is 5.24. The Labute approximate surface area is 103 Å². The zero-order valence-corrected chi connectivity index (χ0v) is 9.62. The average Bonchev–Trinajstić information content (AvgIpc) is 2.35. The predicted molar refractivity (Wildman–Crippen MR) is 62.4 cm³/mol. The molecule has 17 heavy (non-hydrogen) atoms. The summed E-state index contributed by atoms with van der Waals surface area (Å²) < 4.78 is 0. The van der Waals surface area contributed by atoms with Crippen molar-refractivity contribution >= 4 is 11.6 Å². The Bertz CT molecular complexity index is 435. The van der Waals surface area contributed by atoms with Crippen LogP contribution in [0.5, 0.6) is 0 Å². The van der Waals surface area contributed by atoms with Crippen LogP contribution in [0, 0.1) is 0 Å². The van der Waals surface area contributed by atoms with Gasteiger partial charge in [-0.25, -0.2) is 0 Å². The van der Waals surface area contributed by atoms with Crippen molar-refractivity contribution in [1.29, 1.82) is 0 Å². The first-order chi connectivity index (χ1) is 8.10. The fourth-order valence-electron chi connectivity index (χ4n) is 1.34. The van der Waals surface area contributed by atoms with Crippen LogP contribution >= 0.6 is 11.6 Å². The normalized spacial score (nSPS) is 13.9. The molecule has 0 aliphatic rings. The van der Waals surface area contributed by atoms with Crippen molar-refractivity contribution in [1.82, 2.24) is 0 Å². The van der Waals surface area contributed by atoms with Gasteiger partial charge in [-0.1, -0.05) is 22.8 Å². The Morgan fingerprint density at radius 2 is 2.12 bits per heavy atom. The van der Waals surface area contributed by atoms with Gasteiger partial charge in [0, 0.05) is 9.93 Å². The number of halogens is 1. The molecule has 0 radical (unpaired) electrons. The quantitative estimate of drug-likeness (QED) is 0.423. The van der Waals surface area contributed by atoms with Crippen LogP contribution in [-0.2, 0) is 6.61 Å². The number of hydrogen-bond acceptors (Lipinski definition) is 4. The highest BCUT2D eigenvalue weighted by Crippen LogP contribution is 2.23. The van der Waals surface area contributed by atoms with E-state index in [2.05, 4.69) is 10.0 Å². The van der Waals surface area contributed by atoms with Gasteiger partial charge in [-0.3, -0.25) is 0 Å². The Hall–Kier alpha value is -1.30. The number of aliphatic hydroxyl groups is 3. The van der Waals surface area contributed by atoms with Crippen molar-refractivity contribution in [3.05, 3.63) is 44.8 Å². The average molecular weight is 258 g/mol. The van der Waals surface area contributed by atoms with Crippen LogP contribution in [0.1, 0.15) is 17.2 Å². The van der Waals surface area contributed by atoms with Gasteiger partial charge in [0.15, 0.2) is 0 Å². The lowest BCUT2D eigenvalue weighted by Gasteiger charge is -2.17. The fraction of sp³-hybridized carbons (Fsp3) is 0.400. The maximum absolute atomic E-state index is 9.77. The summed E-state index contributed by atoms with van der Waals surface area (Å²) in [6.45, 7) is -0.486. The second-order valence-corrected chi connectivity index (χ2v) is 3.84. The number of nitrogens with zero attached hydrogens (tertiary/aromatic N) is 3. The number of hydrogen-bond donors (Lipinski definition) is 3. The third kappa shape index (κ3) is 3.59. The van der Waals surface area contributed by atoms with E-state index in [1.54, 1.807) is 0 Å². The molecule has 92 valence electrons. The highest BCUT2D eigenvalue weighted by atomic mass is 35.5. The third-order valence-corrected chi connectivity index (χ3v) is 2.65. The van der Waals surface area contributed by atoms with E-state index < -0.39 is 12.2 Å². The maximum atomic E-state index is 9.77. The van der Waals surface area contributed by atoms with Crippen molar-refractivity contribution < 1.29 is 15.3 Å². The summed E-state index contributed by atoms with van der Waals surface area (Å²) in [5.41, 5.74) is 8.96. The minimum Gasteiger partial charge on any atom is -0.392 e. The second kappa shape index (κ2) is 6.44. The van der Waals surface area contributed by atoms with E-state index in [4.69, 9.17) is 22.2 Å². The number of azide groups is 1. The van der Waals surface area contributed by atoms with E-state index in [0.29, 0.717) is 16.1 Å². The molecule has 0 aliphatic carbocycles. The van der Waals surface area contributed by atoms with E-state index in [1.165, 1.54) is 18.2 Å². The standard InChI is InChI=1S/C10H12ClN3O3/c11-8-2-1-6(3-7(8)5-15)10(17)9(16)4-13-14-12/h1-3,9-10,15-17H,4-5H2. The summed E-state index contributed by atoms with van der Waals surface area (Å²) in [5.74, 6) is 0. The SMILES string of the molecule is [N-]=[N+]=NCC(O)C(O)c1ccc(Cl)c(CO)c1. The molecule has 0 aliphatic heterocycles. The molecule has 7 heteroatoms. The molecule has 0 fully saturated rings. The summed E-state index contributed by atoms with van der Waals surface area (Å²) in [7, 11) is 0. The minimum absolute atomic E-state index is 0.227. The molecule has 0 heterocycles. The zero-order valence-electron chi connectivity index (χ0n) is 8.86. The molecule has 0 aromatic heterocycles. The van der Waals surface area contributed by atoms with Crippen LogP contribution in [-0.4, -0.2) is 28.0 Å². The van der Waals surface area contributed by atoms with Gasteiger partial charge in [-0.15, -0.1) is 0 Å². The molecule has 0 saturated carbocycles. The van der Waals surface area contributed by atoms with E-state index in [9.17, 15) is 10.2 Å². The molecule has 0 spiro atoms. The highest BCUT2D eigenvalue weighted by Gasteiger charge is 2.18. The van der Waals surface area contributed by atoms with Crippen molar-refractivity contribution in [2.75, 3.05) is 6.54 Å². The third-order valence-electron chi connectivity index (χ3n) is 2.28. The largest absolute Gasteiger partial charge is 0.392 e. The van der Waals surface area contributed by atoms with Crippen LogP contribution in [0.15, 0.2) is 23.3 Å². The van der Waals surface area contributed by atoms with Crippen LogP contribution in [0.4, 0.5) is 0 Å². The minimum atomic E-state index is -1.20. The fourth-order valence-corrected chi connectivity index (χ4v) is 1.52. The molecule has 1 rings (SSSR count). The van der Waals surface area contributed by atoms with Crippen LogP contribution in [0.25, 0.3) is 10.4 Å². The molecule has 1 aromatic carbocycles. The van der Waals surface area contributed by atoms with E-state index in [0.717, 1.165) is 0 Å². The highest BCUT2D eigenvalue weighted by molar-refractivity contribution is 6.31. The summed E-state index contributed by atoms with van der Waals surface area (Å²) in [6, 6.07) is 4.55. The molecular weight excluding hydrogens is 246 g/mol. The van der Waals surface area contributed by atoms with Crippen LogP contribution < -0.4 is 0 Å². The van der Waals surface area contributed by atoms with Crippen molar-refractivity contribution in [2.24, 2.45) is 5.11 Å². The van der Waals surface area contributed by atoms with E-state index in [1.807, 2.05) is 0 Å². The number of rotatable bonds is 5. The molecular formula is C10H12ClN3O3. The van der Waals surface area contributed by atoms with Crippen molar-refractivity contribution in [3.8, 4) is 0 Å². The molecule has 0 amide bonds.